The van der Waals surface area contributed by atoms with Crippen LogP contribution in [-0.4, -0.2) is 21.4 Å². The highest BCUT2D eigenvalue weighted by molar-refractivity contribution is 5.92. The van der Waals surface area contributed by atoms with E-state index in [2.05, 4.69) is 47.7 Å². The molecular formula is C19H23N3O. The molecule has 120 valence electrons. The quantitative estimate of drug-likeness (QED) is 0.721. The van der Waals surface area contributed by atoms with Crippen molar-refractivity contribution in [3.8, 4) is 11.4 Å². The monoisotopic (exact) mass is 309 g/mol. The van der Waals surface area contributed by atoms with Crippen LogP contribution in [0.2, 0.25) is 0 Å². The minimum absolute atomic E-state index is 0.682. The molecule has 0 aliphatic heterocycles. The van der Waals surface area contributed by atoms with Crippen LogP contribution in [0.3, 0.4) is 0 Å². The van der Waals surface area contributed by atoms with Gasteiger partial charge in [-0.15, -0.1) is 0 Å². The lowest BCUT2D eigenvalue weighted by Gasteiger charge is -2.13. The average Bonchev–Trinajstić information content (AvgIpc) is 2.78. The van der Waals surface area contributed by atoms with Crippen LogP contribution in [-0.2, 0) is 0 Å². The summed E-state index contributed by atoms with van der Waals surface area (Å²) >= 11 is 0. The van der Waals surface area contributed by atoms with E-state index in [0.29, 0.717) is 6.61 Å². The van der Waals surface area contributed by atoms with Gasteiger partial charge in [-0.2, -0.15) is 10.2 Å². The second kappa shape index (κ2) is 5.69. The number of fused-ring (bicyclic) bond motifs is 1. The molecule has 2 heterocycles. The Morgan fingerprint density at radius 2 is 1.48 bits per heavy atom. The Hall–Kier alpha value is -2.36. The van der Waals surface area contributed by atoms with Crippen LogP contribution in [0.15, 0.2) is 18.2 Å². The summed E-state index contributed by atoms with van der Waals surface area (Å²) in [5.74, 6) is 0.943. The first kappa shape index (κ1) is 15.5. The molecule has 0 saturated carbocycles. The van der Waals surface area contributed by atoms with Crippen LogP contribution in [0.25, 0.3) is 16.5 Å². The van der Waals surface area contributed by atoms with Gasteiger partial charge < -0.3 is 9.30 Å². The molecule has 23 heavy (non-hydrogen) atoms. The molecule has 0 saturated heterocycles. The first-order valence-corrected chi connectivity index (χ1v) is 8.01. The van der Waals surface area contributed by atoms with Gasteiger partial charge in [0.05, 0.1) is 18.0 Å². The van der Waals surface area contributed by atoms with Crippen LogP contribution >= 0.6 is 0 Å². The molecule has 0 unspecified atom stereocenters. The van der Waals surface area contributed by atoms with E-state index in [-0.39, 0.29) is 0 Å². The summed E-state index contributed by atoms with van der Waals surface area (Å²) < 4.78 is 7.94. The van der Waals surface area contributed by atoms with Crippen molar-refractivity contribution >= 4 is 10.8 Å². The van der Waals surface area contributed by atoms with Gasteiger partial charge in [0.1, 0.15) is 5.75 Å². The van der Waals surface area contributed by atoms with E-state index >= 15 is 0 Å². The molecule has 0 spiro atoms. The van der Waals surface area contributed by atoms with Gasteiger partial charge >= 0.3 is 0 Å². The fourth-order valence-electron chi connectivity index (χ4n) is 3.45. The zero-order chi connectivity index (χ0) is 16.7. The molecule has 0 atom stereocenters. The Labute approximate surface area is 137 Å². The van der Waals surface area contributed by atoms with E-state index < -0.39 is 0 Å². The Balaban J connectivity index is 2.27. The standard InChI is InChI=1S/C19H23N3O/c1-7-23-17-9-8-16(10-11(17)2)22-14(5)18-12(3)20-21-13(4)19(18)15(22)6/h8-10H,7H2,1-6H3. The Morgan fingerprint density at radius 1 is 0.913 bits per heavy atom. The number of rotatable bonds is 3. The summed E-state index contributed by atoms with van der Waals surface area (Å²) in [5, 5.41) is 11.0. The zero-order valence-electron chi connectivity index (χ0n) is 14.7. The normalized spacial score (nSPS) is 11.2. The zero-order valence-corrected chi connectivity index (χ0v) is 14.7. The van der Waals surface area contributed by atoms with Gasteiger partial charge in [-0.25, -0.2) is 0 Å². The predicted molar refractivity (Wildman–Crippen MR) is 93.7 cm³/mol. The second-order valence-electron chi connectivity index (χ2n) is 6.01. The summed E-state index contributed by atoms with van der Waals surface area (Å²) in [7, 11) is 0. The van der Waals surface area contributed by atoms with Crippen LogP contribution in [0.4, 0.5) is 0 Å². The summed E-state index contributed by atoms with van der Waals surface area (Å²) in [6.45, 7) is 13.1. The van der Waals surface area contributed by atoms with Crippen molar-refractivity contribution in [2.24, 2.45) is 0 Å². The molecule has 0 radical (unpaired) electrons. The predicted octanol–water partition coefficient (Wildman–Crippen LogP) is 4.36. The lowest BCUT2D eigenvalue weighted by atomic mass is 10.1. The maximum absolute atomic E-state index is 5.66. The molecule has 3 rings (SSSR count). The van der Waals surface area contributed by atoms with Crippen LogP contribution in [0.1, 0.15) is 35.3 Å². The number of hydrogen-bond donors (Lipinski definition) is 0. The van der Waals surface area contributed by atoms with E-state index in [4.69, 9.17) is 4.74 Å². The molecule has 0 bridgehead atoms. The van der Waals surface area contributed by atoms with Gasteiger partial charge in [0.15, 0.2) is 0 Å². The van der Waals surface area contributed by atoms with Crippen LogP contribution in [0.5, 0.6) is 5.75 Å². The van der Waals surface area contributed by atoms with Crippen molar-refractivity contribution in [2.75, 3.05) is 6.61 Å². The number of ether oxygens (including phenoxy) is 1. The molecule has 4 nitrogen and oxygen atoms in total. The van der Waals surface area contributed by atoms with Crippen molar-refractivity contribution < 1.29 is 4.74 Å². The van der Waals surface area contributed by atoms with E-state index in [9.17, 15) is 0 Å². The molecule has 1 aromatic carbocycles. The van der Waals surface area contributed by atoms with Gasteiger partial charge in [0.25, 0.3) is 0 Å². The first-order chi connectivity index (χ1) is 11.0. The first-order valence-electron chi connectivity index (χ1n) is 8.01. The smallest absolute Gasteiger partial charge is 0.122 e. The number of hydrogen-bond acceptors (Lipinski definition) is 3. The fraction of sp³-hybridized carbons (Fsp3) is 0.368. The van der Waals surface area contributed by atoms with E-state index in [1.165, 1.54) is 22.2 Å². The van der Waals surface area contributed by atoms with Crippen molar-refractivity contribution in [1.29, 1.82) is 0 Å². The summed E-state index contributed by atoms with van der Waals surface area (Å²) in [5.41, 5.74) is 6.66. The maximum Gasteiger partial charge on any atom is 0.122 e. The Morgan fingerprint density at radius 3 is 1.96 bits per heavy atom. The number of benzene rings is 1. The minimum Gasteiger partial charge on any atom is -0.494 e. The average molecular weight is 309 g/mol. The molecule has 0 fully saturated rings. The minimum atomic E-state index is 0.682. The number of nitrogens with zero attached hydrogens (tertiary/aromatic N) is 3. The van der Waals surface area contributed by atoms with E-state index in [1.807, 2.05) is 26.8 Å². The summed E-state index contributed by atoms with van der Waals surface area (Å²) in [6, 6.07) is 6.34. The van der Waals surface area contributed by atoms with Gasteiger partial charge in [-0.1, -0.05) is 0 Å². The fourth-order valence-corrected chi connectivity index (χ4v) is 3.45. The Kier molecular flexibility index (Phi) is 3.84. The van der Waals surface area contributed by atoms with Crippen molar-refractivity contribution in [1.82, 2.24) is 14.8 Å². The maximum atomic E-state index is 5.66. The van der Waals surface area contributed by atoms with Gasteiger partial charge in [-0.05, 0) is 65.3 Å². The number of aromatic nitrogens is 3. The van der Waals surface area contributed by atoms with E-state index in [1.54, 1.807) is 0 Å². The third kappa shape index (κ3) is 2.38. The molecule has 3 aromatic rings. The van der Waals surface area contributed by atoms with E-state index in [0.717, 1.165) is 28.4 Å². The third-order valence-electron chi connectivity index (χ3n) is 4.43. The largest absolute Gasteiger partial charge is 0.494 e. The molecule has 0 aliphatic rings. The highest BCUT2D eigenvalue weighted by atomic mass is 16.5. The number of aryl methyl sites for hydroxylation is 5. The van der Waals surface area contributed by atoms with Gasteiger partial charge in [-0.3, -0.25) is 0 Å². The summed E-state index contributed by atoms with van der Waals surface area (Å²) in [6.07, 6.45) is 0. The molecule has 0 aliphatic carbocycles. The van der Waals surface area contributed by atoms with Crippen LogP contribution < -0.4 is 4.74 Å². The lowest BCUT2D eigenvalue weighted by Crippen LogP contribution is -2.01. The molecule has 2 aromatic heterocycles. The SMILES string of the molecule is CCOc1ccc(-n2c(C)c3c(C)nnc(C)c3c2C)cc1C. The highest BCUT2D eigenvalue weighted by Gasteiger charge is 2.17. The van der Waals surface area contributed by atoms with Crippen molar-refractivity contribution in [3.05, 3.63) is 46.5 Å². The van der Waals surface area contributed by atoms with Gasteiger partial charge in [0, 0.05) is 27.8 Å². The molecule has 0 amide bonds. The Bertz CT molecular complexity index is 849. The molecular weight excluding hydrogens is 286 g/mol. The second-order valence-corrected chi connectivity index (χ2v) is 6.01. The summed E-state index contributed by atoms with van der Waals surface area (Å²) in [4.78, 5) is 0. The van der Waals surface area contributed by atoms with Gasteiger partial charge in [0.2, 0.25) is 0 Å². The third-order valence-corrected chi connectivity index (χ3v) is 4.43. The van der Waals surface area contributed by atoms with Crippen molar-refractivity contribution in [3.63, 3.8) is 0 Å². The van der Waals surface area contributed by atoms with Crippen LogP contribution in [0, 0.1) is 34.6 Å². The van der Waals surface area contributed by atoms with Crippen molar-refractivity contribution in [2.45, 2.75) is 41.5 Å². The highest BCUT2D eigenvalue weighted by Crippen LogP contribution is 2.32. The lowest BCUT2D eigenvalue weighted by molar-refractivity contribution is 0.338. The molecule has 4 heteroatoms. The topological polar surface area (TPSA) is 39.9 Å². The molecule has 0 N–H and O–H groups in total.